The van der Waals surface area contributed by atoms with Gasteiger partial charge in [0.1, 0.15) is 0 Å². The molecule has 1 aromatic rings. The molecule has 1 aromatic heterocycles. The quantitative estimate of drug-likeness (QED) is 0.777. The Balaban J connectivity index is 2.22. The summed E-state index contributed by atoms with van der Waals surface area (Å²) in [5, 5.41) is 2.95. The third kappa shape index (κ3) is 2.99. The molecule has 1 fully saturated rings. The first kappa shape index (κ1) is 12.8. The van der Waals surface area contributed by atoms with Crippen molar-refractivity contribution in [2.45, 2.75) is 19.4 Å². The van der Waals surface area contributed by atoms with Crippen LogP contribution in [0.3, 0.4) is 0 Å². The highest BCUT2D eigenvalue weighted by molar-refractivity contribution is 5.44. The minimum atomic E-state index is -0.261. The minimum Gasteiger partial charge on any atom is -0.343 e. The van der Waals surface area contributed by atoms with Crippen molar-refractivity contribution in [3.8, 4) is 12.3 Å². The SMILES string of the molecule is C#CCN(CC1CC1)c1nccc(CNC)c1F. The number of nitrogens with zero attached hydrogens (tertiary/aromatic N) is 2. The zero-order valence-corrected chi connectivity index (χ0v) is 10.6. The van der Waals surface area contributed by atoms with E-state index in [1.165, 1.54) is 12.8 Å². The average Bonchev–Trinajstić information content (AvgIpc) is 3.16. The van der Waals surface area contributed by atoms with E-state index in [4.69, 9.17) is 6.42 Å². The molecule has 0 aliphatic heterocycles. The lowest BCUT2D eigenvalue weighted by Gasteiger charge is -2.22. The standard InChI is InChI=1S/C14H18FN3/c1-3-8-18(10-11-4-5-11)14-13(15)12(9-16-2)6-7-17-14/h1,6-7,11,16H,4-5,8-10H2,2H3. The van der Waals surface area contributed by atoms with Crippen LogP contribution in [-0.2, 0) is 6.54 Å². The van der Waals surface area contributed by atoms with Gasteiger partial charge in [-0.05, 0) is 31.9 Å². The molecule has 0 amide bonds. The summed E-state index contributed by atoms with van der Waals surface area (Å²) in [6.45, 7) is 1.70. The molecule has 1 aliphatic carbocycles. The Morgan fingerprint density at radius 2 is 2.39 bits per heavy atom. The normalized spacial score (nSPS) is 14.3. The summed E-state index contributed by atoms with van der Waals surface area (Å²) in [5.41, 5.74) is 0.625. The van der Waals surface area contributed by atoms with Crippen LogP contribution in [0.2, 0.25) is 0 Å². The van der Waals surface area contributed by atoms with Gasteiger partial charge in [-0.15, -0.1) is 6.42 Å². The number of aromatic nitrogens is 1. The van der Waals surface area contributed by atoms with E-state index in [0.29, 0.717) is 30.4 Å². The van der Waals surface area contributed by atoms with Crippen molar-refractivity contribution in [1.29, 1.82) is 0 Å². The smallest absolute Gasteiger partial charge is 0.170 e. The maximum Gasteiger partial charge on any atom is 0.170 e. The molecule has 0 saturated heterocycles. The number of anilines is 1. The van der Waals surface area contributed by atoms with Gasteiger partial charge in [-0.25, -0.2) is 9.37 Å². The van der Waals surface area contributed by atoms with Crippen molar-refractivity contribution >= 4 is 5.82 Å². The molecule has 2 rings (SSSR count). The molecular weight excluding hydrogens is 229 g/mol. The van der Waals surface area contributed by atoms with Crippen LogP contribution in [0.4, 0.5) is 10.2 Å². The Morgan fingerprint density at radius 1 is 1.61 bits per heavy atom. The Labute approximate surface area is 107 Å². The number of rotatable bonds is 6. The first-order valence-electron chi connectivity index (χ1n) is 6.22. The van der Waals surface area contributed by atoms with Crippen molar-refractivity contribution in [3.05, 3.63) is 23.6 Å². The Bertz CT molecular complexity index is 449. The third-order valence-electron chi connectivity index (χ3n) is 3.08. The maximum atomic E-state index is 14.3. The summed E-state index contributed by atoms with van der Waals surface area (Å²) in [6.07, 6.45) is 9.41. The number of hydrogen-bond acceptors (Lipinski definition) is 3. The Morgan fingerprint density at radius 3 is 3.00 bits per heavy atom. The number of nitrogens with one attached hydrogen (secondary N) is 1. The summed E-state index contributed by atoms with van der Waals surface area (Å²) in [5.74, 6) is 3.35. The number of pyridine rings is 1. The molecule has 1 aliphatic rings. The van der Waals surface area contributed by atoms with Gasteiger partial charge in [-0.3, -0.25) is 0 Å². The highest BCUT2D eigenvalue weighted by Gasteiger charge is 2.26. The molecule has 1 saturated carbocycles. The van der Waals surface area contributed by atoms with Crippen LogP contribution in [-0.4, -0.2) is 25.1 Å². The molecule has 1 heterocycles. The second-order valence-electron chi connectivity index (χ2n) is 4.67. The lowest BCUT2D eigenvalue weighted by molar-refractivity contribution is 0.584. The summed E-state index contributed by atoms with van der Waals surface area (Å²) in [6, 6.07) is 1.69. The van der Waals surface area contributed by atoms with E-state index >= 15 is 0 Å². The van der Waals surface area contributed by atoms with Crippen LogP contribution in [0, 0.1) is 24.1 Å². The first-order chi connectivity index (χ1) is 8.76. The van der Waals surface area contributed by atoms with Crippen LogP contribution in [0.25, 0.3) is 0 Å². The van der Waals surface area contributed by atoms with E-state index in [2.05, 4.69) is 16.2 Å². The molecule has 18 heavy (non-hydrogen) atoms. The second-order valence-corrected chi connectivity index (χ2v) is 4.67. The van der Waals surface area contributed by atoms with Crippen molar-refractivity contribution in [2.75, 3.05) is 25.0 Å². The molecule has 0 radical (unpaired) electrons. The maximum absolute atomic E-state index is 14.3. The number of terminal acetylenes is 1. The van der Waals surface area contributed by atoms with Gasteiger partial charge in [-0.1, -0.05) is 5.92 Å². The minimum absolute atomic E-state index is 0.261. The van der Waals surface area contributed by atoms with Crippen LogP contribution in [0.5, 0.6) is 0 Å². The molecule has 0 spiro atoms. The average molecular weight is 247 g/mol. The topological polar surface area (TPSA) is 28.2 Å². The molecule has 96 valence electrons. The van der Waals surface area contributed by atoms with Gasteiger partial charge in [0.25, 0.3) is 0 Å². The van der Waals surface area contributed by atoms with E-state index in [1.54, 1.807) is 19.3 Å². The highest BCUT2D eigenvalue weighted by Crippen LogP contribution is 2.31. The lowest BCUT2D eigenvalue weighted by Crippen LogP contribution is -2.28. The second kappa shape index (κ2) is 5.83. The lowest BCUT2D eigenvalue weighted by atomic mass is 10.2. The Hall–Kier alpha value is -1.60. The molecule has 0 atom stereocenters. The largest absolute Gasteiger partial charge is 0.343 e. The van der Waals surface area contributed by atoms with Gasteiger partial charge in [0.05, 0.1) is 6.54 Å². The first-order valence-corrected chi connectivity index (χ1v) is 6.22. The van der Waals surface area contributed by atoms with E-state index in [1.807, 2.05) is 4.90 Å². The van der Waals surface area contributed by atoms with Crippen LogP contribution in [0.1, 0.15) is 18.4 Å². The van der Waals surface area contributed by atoms with Gasteiger partial charge < -0.3 is 10.2 Å². The fraction of sp³-hybridized carbons (Fsp3) is 0.500. The van der Waals surface area contributed by atoms with Crippen LogP contribution < -0.4 is 10.2 Å². The number of hydrogen-bond donors (Lipinski definition) is 1. The third-order valence-corrected chi connectivity index (χ3v) is 3.08. The predicted octanol–water partition coefficient (Wildman–Crippen LogP) is 1.79. The summed E-state index contributed by atoms with van der Waals surface area (Å²) < 4.78 is 14.3. The van der Waals surface area contributed by atoms with E-state index in [9.17, 15) is 4.39 Å². The zero-order valence-electron chi connectivity index (χ0n) is 10.6. The van der Waals surface area contributed by atoms with Crippen molar-refractivity contribution in [1.82, 2.24) is 10.3 Å². The van der Waals surface area contributed by atoms with E-state index in [0.717, 1.165) is 6.54 Å². The van der Waals surface area contributed by atoms with Gasteiger partial charge in [0.2, 0.25) is 0 Å². The summed E-state index contributed by atoms with van der Waals surface area (Å²) in [7, 11) is 1.79. The molecule has 0 aromatic carbocycles. The van der Waals surface area contributed by atoms with Crippen LogP contribution in [0.15, 0.2) is 12.3 Å². The Kier molecular flexibility index (Phi) is 4.16. The molecule has 0 bridgehead atoms. The summed E-state index contributed by atoms with van der Waals surface area (Å²) in [4.78, 5) is 6.02. The van der Waals surface area contributed by atoms with Crippen molar-refractivity contribution in [2.24, 2.45) is 5.92 Å². The fourth-order valence-electron chi connectivity index (χ4n) is 1.97. The molecule has 1 N–H and O–H groups in total. The van der Waals surface area contributed by atoms with Gasteiger partial charge in [0.15, 0.2) is 11.6 Å². The van der Waals surface area contributed by atoms with E-state index in [-0.39, 0.29) is 5.82 Å². The number of halogens is 1. The fourth-order valence-corrected chi connectivity index (χ4v) is 1.97. The highest BCUT2D eigenvalue weighted by atomic mass is 19.1. The van der Waals surface area contributed by atoms with Crippen molar-refractivity contribution in [3.63, 3.8) is 0 Å². The zero-order chi connectivity index (χ0) is 13.0. The van der Waals surface area contributed by atoms with E-state index < -0.39 is 0 Å². The molecule has 4 heteroatoms. The monoisotopic (exact) mass is 247 g/mol. The van der Waals surface area contributed by atoms with Gasteiger partial charge in [-0.2, -0.15) is 0 Å². The predicted molar refractivity (Wildman–Crippen MR) is 70.7 cm³/mol. The summed E-state index contributed by atoms with van der Waals surface area (Å²) >= 11 is 0. The van der Waals surface area contributed by atoms with Crippen molar-refractivity contribution < 1.29 is 4.39 Å². The molecule has 3 nitrogen and oxygen atoms in total. The molecular formula is C14H18FN3. The molecule has 0 unspecified atom stereocenters. The van der Waals surface area contributed by atoms with Gasteiger partial charge >= 0.3 is 0 Å². The van der Waals surface area contributed by atoms with Crippen LogP contribution >= 0.6 is 0 Å². The van der Waals surface area contributed by atoms with Gasteiger partial charge in [0, 0.05) is 24.8 Å².